The van der Waals surface area contributed by atoms with E-state index in [1.807, 2.05) is 56.9 Å². The molecule has 1 amide bonds. The van der Waals surface area contributed by atoms with Gasteiger partial charge in [0.25, 0.3) is 0 Å². The Morgan fingerprint density at radius 2 is 1.95 bits per heavy atom. The van der Waals surface area contributed by atoms with Crippen molar-refractivity contribution in [2.24, 2.45) is 7.05 Å². The van der Waals surface area contributed by atoms with Gasteiger partial charge in [-0.1, -0.05) is 12.1 Å². The molecule has 0 radical (unpaired) electrons. The first kappa shape index (κ1) is 12.0. The van der Waals surface area contributed by atoms with Crippen molar-refractivity contribution in [3.05, 3.63) is 36.3 Å². The van der Waals surface area contributed by atoms with E-state index >= 15 is 0 Å². The molecule has 2 heterocycles. The van der Waals surface area contributed by atoms with Crippen molar-refractivity contribution in [2.45, 2.75) is 19.3 Å². The highest BCUT2D eigenvalue weighted by molar-refractivity contribution is 6.07. The average Bonchev–Trinajstić information content (AvgIpc) is 2.88. The van der Waals surface area contributed by atoms with Gasteiger partial charge >= 0.3 is 0 Å². The van der Waals surface area contributed by atoms with E-state index in [4.69, 9.17) is 0 Å². The van der Waals surface area contributed by atoms with Crippen molar-refractivity contribution in [2.75, 3.05) is 11.9 Å². The first-order valence-corrected chi connectivity index (χ1v) is 6.32. The zero-order valence-corrected chi connectivity index (χ0v) is 11.6. The molecule has 0 bridgehead atoms. The molecule has 0 fully saturated rings. The zero-order valence-electron chi connectivity index (χ0n) is 11.6. The van der Waals surface area contributed by atoms with Crippen LogP contribution in [0.5, 0.6) is 0 Å². The summed E-state index contributed by atoms with van der Waals surface area (Å²) in [5.74, 6) is 0.140. The van der Waals surface area contributed by atoms with Gasteiger partial charge in [0, 0.05) is 31.5 Å². The summed E-state index contributed by atoms with van der Waals surface area (Å²) in [6.45, 7) is 3.94. The van der Waals surface area contributed by atoms with Gasteiger partial charge < -0.3 is 9.47 Å². The van der Waals surface area contributed by atoms with Crippen LogP contribution in [0.1, 0.15) is 19.4 Å². The van der Waals surface area contributed by atoms with Gasteiger partial charge in [-0.25, -0.2) is 4.98 Å². The van der Waals surface area contributed by atoms with Crippen molar-refractivity contribution < 1.29 is 4.79 Å². The lowest BCUT2D eigenvalue weighted by Gasteiger charge is -2.16. The van der Waals surface area contributed by atoms with E-state index in [0.717, 1.165) is 22.5 Å². The lowest BCUT2D eigenvalue weighted by molar-refractivity contribution is -0.121. The number of benzene rings is 1. The van der Waals surface area contributed by atoms with Crippen LogP contribution in [0.4, 0.5) is 5.69 Å². The number of hydrogen-bond donors (Lipinski definition) is 0. The van der Waals surface area contributed by atoms with Crippen LogP contribution >= 0.6 is 0 Å². The Kier molecular flexibility index (Phi) is 2.33. The predicted octanol–water partition coefficient (Wildman–Crippen LogP) is 2.34. The Morgan fingerprint density at radius 1 is 1.21 bits per heavy atom. The van der Waals surface area contributed by atoms with Crippen molar-refractivity contribution >= 4 is 11.6 Å². The minimum atomic E-state index is -0.438. The molecule has 3 rings (SSSR count). The van der Waals surface area contributed by atoms with Crippen LogP contribution in [0.15, 0.2) is 30.7 Å². The van der Waals surface area contributed by atoms with Crippen LogP contribution in [0.3, 0.4) is 0 Å². The molecule has 4 heteroatoms. The quantitative estimate of drug-likeness (QED) is 0.784. The molecule has 1 aromatic carbocycles. The molecule has 0 unspecified atom stereocenters. The molecule has 1 aromatic heterocycles. The summed E-state index contributed by atoms with van der Waals surface area (Å²) in [7, 11) is 3.78. The van der Waals surface area contributed by atoms with Gasteiger partial charge in [0.1, 0.15) is 0 Å². The third-order valence-corrected chi connectivity index (χ3v) is 3.87. The number of nitrogens with zero attached hydrogens (tertiary/aromatic N) is 3. The van der Waals surface area contributed by atoms with E-state index in [2.05, 4.69) is 4.98 Å². The van der Waals surface area contributed by atoms with Gasteiger partial charge in [0.05, 0.1) is 17.4 Å². The lowest BCUT2D eigenvalue weighted by Crippen LogP contribution is -2.33. The average molecular weight is 255 g/mol. The lowest BCUT2D eigenvalue weighted by atomic mass is 9.86. The summed E-state index contributed by atoms with van der Waals surface area (Å²) in [4.78, 5) is 18.3. The Balaban J connectivity index is 2.14. The molecular formula is C15H17N3O. The fraction of sp³-hybridized carbons (Fsp3) is 0.333. The molecule has 98 valence electrons. The molecule has 0 spiro atoms. The number of amides is 1. The fourth-order valence-corrected chi connectivity index (χ4v) is 2.70. The topological polar surface area (TPSA) is 38.1 Å². The maximum absolute atomic E-state index is 12.2. The molecule has 0 saturated carbocycles. The van der Waals surface area contributed by atoms with E-state index < -0.39 is 5.41 Å². The molecule has 1 aliphatic rings. The highest BCUT2D eigenvalue weighted by Crippen LogP contribution is 2.42. The number of imidazole rings is 1. The Hall–Kier alpha value is -2.10. The molecule has 1 aliphatic heterocycles. The number of rotatable bonds is 1. The van der Waals surface area contributed by atoms with Crippen LogP contribution in [-0.2, 0) is 17.3 Å². The molecule has 19 heavy (non-hydrogen) atoms. The molecule has 0 atom stereocenters. The highest BCUT2D eigenvalue weighted by Gasteiger charge is 2.42. The summed E-state index contributed by atoms with van der Waals surface area (Å²) in [5, 5.41) is 0. The van der Waals surface area contributed by atoms with Crippen molar-refractivity contribution in [3.8, 4) is 11.3 Å². The molecule has 0 saturated heterocycles. The van der Waals surface area contributed by atoms with Gasteiger partial charge in [-0.2, -0.15) is 0 Å². The Morgan fingerprint density at radius 3 is 2.58 bits per heavy atom. The second kappa shape index (κ2) is 3.70. The van der Waals surface area contributed by atoms with E-state index in [1.54, 1.807) is 11.2 Å². The maximum Gasteiger partial charge on any atom is 0.236 e. The van der Waals surface area contributed by atoms with Crippen LogP contribution in [0, 0.1) is 0 Å². The number of aromatic nitrogens is 2. The third-order valence-electron chi connectivity index (χ3n) is 3.87. The predicted molar refractivity (Wildman–Crippen MR) is 75.1 cm³/mol. The number of aryl methyl sites for hydroxylation is 1. The van der Waals surface area contributed by atoms with Crippen LogP contribution < -0.4 is 4.90 Å². The molecule has 0 N–H and O–H groups in total. The van der Waals surface area contributed by atoms with Crippen molar-refractivity contribution in [1.29, 1.82) is 0 Å². The minimum absolute atomic E-state index is 0.140. The van der Waals surface area contributed by atoms with E-state index in [1.165, 1.54) is 0 Å². The fourth-order valence-electron chi connectivity index (χ4n) is 2.70. The summed E-state index contributed by atoms with van der Waals surface area (Å²) in [6, 6.07) is 6.13. The number of likely N-dealkylation sites (N-methyl/N-ethyl adjacent to an activating group) is 1. The number of carbonyl (C=O) groups excluding carboxylic acids is 1. The highest BCUT2D eigenvalue weighted by atomic mass is 16.2. The van der Waals surface area contributed by atoms with Gasteiger partial charge in [-0.05, 0) is 25.5 Å². The SMILES string of the molecule is CN1C(=O)C(C)(C)c2ccc(-c3cn(C)cn3)cc21. The minimum Gasteiger partial charge on any atom is -0.340 e. The van der Waals surface area contributed by atoms with Gasteiger partial charge in [-0.3, -0.25) is 4.79 Å². The van der Waals surface area contributed by atoms with Crippen LogP contribution in [0.2, 0.25) is 0 Å². The zero-order chi connectivity index (χ0) is 13.8. The summed E-state index contributed by atoms with van der Waals surface area (Å²) >= 11 is 0. The van der Waals surface area contributed by atoms with Crippen LogP contribution in [-0.4, -0.2) is 22.5 Å². The second-order valence-electron chi connectivity index (χ2n) is 5.65. The van der Waals surface area contributed by atoms with Gasteiger partial charge in [0.2, 0.25) is 5.91 Å². The first-order chi connectivity index (χ1) is 8.91. The third kappa shape index (κ3) is 1.59. The molecule has 2 aromatic rings. The molecule has 4 nitrogen and oxygen atoms in total. The second-order valence-corrected chi connectivity index (χ2v) is 5.65. The largest absolute Gasteiger partial charge is 0.340 e. The molecule has 0 aliphatic carbocycles. The standard InChI is InChI=1S/C15H17N3O/c1-15(2)11-6-5-10(12-8-17(3)9-16-12)7-13(11)18(4)14(15)19/h5-9H,1-4H3. The number of hydrogen-bond acceptors (Lipinski definition) is 2. The monoisotopic (exact) mass is 255 g/mol. The normalized spacial score (nSPS) is 16.8. The summed E-state index contributed by atoms with van der Waals surface area (Å²) in [5.41, 5.74) is 3.59. The van der Waals surface area contributed by atoms with E-state index in [9.17, 15) is 4.79 Å². The smallest absolute Gasteiger partial charge is 0.236 e. The van der Waals surface area contributed by atoms with E-state index in [-0.39, 0.29) is 5.91 Å². The van der Waals surface area contributed by atoms with Crippen LogP contribution in [0.25, 0.3) is 11.3 Å². The van der Waals surface area contributed by atoms with E-state index in [0.29, 0.717) is 0 Å². The van der Waals surface area contributed by atoms with Gasteiger partial charge in [0.15, 0.2) is 0 Å². The van der Waals surface area contributed by atoms with Crippen molar-refractivity contribution in [1.82, 2.24) is 9.55 Å². The Bertz CT molecular complexity index is 670. The summed E-state index contributed by atoms with van der Waals surface area (Å²) < 4.78 is 1.92. The number of anilines is 1. The van der Waals surface area contributed by atoms with Crippen molar-refractivity contribution in [3.63, 3.8) is 0 Å². The molecular weight excluding hydrogens is 238 g/mol. The summed E-state index contributed by atoms with van der Waals surface area (Å²) in [6.07, 6.45) is 3.75. The number of fused-ring (bicyclic) bond motifs is 1. The Labute approximate surface area is 112 Å². The maximum atomic E-state index is 12.2. The number of carbonyl (C=O) groups is 1. The first-order valence-electron chi connectivity index (χ1n) is 6.32. The van der Waals surface area contributed by atoms with Gasteiger partial charge in [-0.15, -0.1) is 0 Å².